The fourth-order valence-electron chi connectivity index (χ4n) is 3.50. The first-order chi connectivity index (χ1) is 10.8. The zero-order chi connectivity index (χ0) is 16.5. The van der Waals surface area contributed by atoms with Crippen LogP contribution in [0.4, 0.5) is 0 Å². The van der Waals surface area contributed by atoms with E-state index in [2.05, 4.69) is 96.0 Å². The fraction of sp³-hybridized carbons (Fsp3) is 0.238. The maximum absolute atomic E-state index is 3.81. The van der Waals surface area contributed by atoms with Gasteiger partial charge in [0.05, 0.1) is 0 Å². The van der Waals surface area contributed by atoms with Gasteiger partial charge in [0.15, 0.2) is 0 Å². The first-order valence-corrected chi connectivity index (χ1v) is 9.43. The molecule has 0 fully saturated rings. The zero-order valence-corrected chi connectivity index (χ0v) is 16.9. The predicted octanol–water partition coefficient (Wildman–Crippen LogP) is 7.71. The van der Waals surface area contributed by atoms with Crippen molar-refractivity contribution in [3.8, 4) is 0 Å². The fourth-order valence-corrected chi connectivity index (χ4v) is 4.62. The second-order valence-electron chi connectivity index (χ2n) is 7.50. The molecule has 0 atom stereocenters. The topological polar surface area (TPSA) is 0 Å². The second-order valence-corrected chi connectivity index (χ2v) is 9.21. The third kappa shape index (κ3) is 2.30. The number of aryl methyl sites for hydroxylation is 1. The summed E-state index contributed by atoms with van der Waals surface area (Å²) in [7, 11) is 0. The summed E-state index contributed by atoms with van der Waals surface area (Å²) < 4.78 is 2.35. The first-order valence-electron chi connectivity index (χ1n) is 7.84. The van der Waals surface area contributed by atoms with Crippen LogP contribution in [0.15, 0.2) is 45.3 Å². The normalized spacial score (nSPS) is 12.8. The molecule has 0 nitrogen and oxygen atoms in total. The summed E-state index contributed by atoms with van der Waals surface area (Å²) in [6, 6.07) is 13.8. The van der Waals surface area contributed by atoms with Gasteiger partial charge in [-0.3, -0.25) is 0 Å². The number of halogens is 2. The summed E-state index contributed by atoms with van der Waals surface area (Å²) >= 11 is 7.60. The van der Waals surface area contributed by atoms with Crippen molar-refractivity contribution in [2.45, 2.75) is 33.1 Å². The molecule has 0 saturated heterocycles. The van der Waals surface area contributed by atoms with Crippen LogP contribution in [0, 0.1) is 6.92 Å². The lowest BCUT2D eigenvalue weighted by Crippen LogP contribution is -2.11. The van der Waals surface area contributed by atoms with E-state index in [1.54, 1.807) is 0 Å². The second kappa shape index (κ2) is 4.94. The molecule has 23 heavy (non-hydrogen) atoms. The van der Waals surface area contributed by atoms with Crippen LogP contribution in [-0.4, -0.2) is 0 Å². The van der Waals surface area contributed by atoms with E-state index in [1.807, 2.05) is 0 Å². The Balaban J connectivity index is 2.32. The largest absolute Gasteiger partial charge is 0.0561 e. The number of benzene rings is 4. The van der Waals surface area contributed by atoms with E-state index < -0.39 is 0 Å². The first kappa shape index (κ1) is 15.4. The van der Waals surface area contributed by atoms with Crippen LogP contribution in [0.5, 0.6) is 0 Å². The van der Waals surface area contributed by atoms with Gasteiger partial charge < -0.3 is 0 Å². The lowest BCUT2D eigenvalue weighted by Gasteiger charge is -2.22. The molecule has 0 aliphatic heterocycles. The average Bonchev–Trinajstić information content (AvgIpc) is 2.44. The van der Waals surface area contributed by atoms with Crippen LogP contribution in [0.3, 0.4) is 0 Å². The molecule has 2 heteroatoms. The SMILES string of the molecule is Cc1cc2cc(Br)c3cc(C(C)(C)C)cc4cc(Br)c(c1)c2c43. The molecular weight excluding hydrogens is 412 g/mol. The minimum Gasteiger partial charge on any atom is -0.0561 e. The van der Waals surface area contributed by atoms with E-state index in [-0.39, 0.29) is 5.41 Å². The van der Waals surface area contributed by atoms with Crippen molar-refractivity contribution in [3.05, 3.63) is 56.5 Å². The highest BCUT2D eigenvalue weighted by Gasteiger charge is 2.19. The molecule has 0 aliphatic rings. The van der Waals surface area contributed by atoms with Gasteiger partial charge in [0, 0.05) is 8.95 Å². The molecular formula is C21H18Br2. The van der Waals surface area contributed by atoms with Crippen molar-refractivity contribution < 1.29 is 0 Å². The van der Waals surface area contributed by atoms with Gasteiger partial charge in [-0.05, 0) is 74.0 Å². The van der Waals surface area contributed by atoms with Crippen LogP contribution in [-0.2, 0) is 5.41 Å². The smallest absolute Gasteiger partial charge is 0.0260 e. The third-order valence-corrected chi connectivity index (χ3v) is 5.99. The molecule has 4 aromatic rings. The third-order valence-electron chi connectivity index (χ3n) is 4.68. The summed E-state index contributed by atoms with van der Waals surface area (Å²) in [6.45, 7) is 8.97. The molecule has 0 bridgehead atoms. The molecule has 0 unspecified atom stereocenters. The molecule has 0 spiro atoms. The minimum atomic E-state index is 0.132. The Morgan fingerprint density at radius 2 is 1.22 bits per heavy atom. The molecule has 116 valence electrons. The molecule has 0 N–H and O–H groups in total. The standard InChI is InChI=1S/C21H18Br2/c1-11-5-12-8-18(23)16-10-14(21(2,3)4)7-13-9-17(22)15(6-11)19(12)20(13)16/h5-10H,1-4H3. The van der Waals surface area contributed by atoms with Gasteiger partial charge in [0.25, 0.3) is 0 Å². The van der Waals surface area contributed by atoms with E-state index in [0.717, 1.165) is 0 Å². The van der Waals surface area contributed by atoms with Crippen LogP contribution < -0.4 is 0 Å². The van der Waals surface area contributed by atoms with Gasteiger partial charge in [-0.2, -0.15) is 0 Å². The van der Waals surface area contributed by atoms with Crippen molar-refractivity contribution >= 4 is 64.2 Å². The Hall–Kier alpha value is -1.12. The van der Waals surface area contributed by atoms with Crippen molar-refractivity contribution in [1.29, 1.82) is 0 Å². The Kier molecular flexibility index (Phi) is 3.31. The van der Waals surface area contributed by atoms with Crippen LogP contribution in [0.1, 0.15) is 31.9 Å². The van der Waals surface area contributed by atoms with E-state index in [4.69, 9.17) is 0 Å². The minimum absolute atomic E-state index is 0.132. The summed E-state index contributed by atoms with van der Waals surface area (Å²) in [5.74, 6) is 0. The van der Waals surface area contributed by atoms with E-state index in [1.165, 1.54) is 52.4 Å². The van der Waals surface area contributed by atoms with Crippen molar-refractivity contribution in [3.63, 3.8) is 0 Å². The number of hydrogen-bond acceptors (Lipinski definition) is 0. The van der Waals surface area contributed by atoms with Gasteiger partial charge in [-0.1, -0.05) is 70.8 Å². The summed E-state index contributed by atoms with van der Waals surface area (Å²) in [6.07, 6.45) is 0. The average molecular weight is 430 g/mol. The number of rotatable bonds is 0. The Labute approximate surface area is 153 Å². The highest BCUT2D eigenvalue weighted by molar-refractivity contribution is 9.11. The van der Waals surface area contributed by atoms with Gasteiger partial charge >= 0.3 is 0 Å². The predicted molar refractivity (Wildman–Crippen MR) is 109 cm³/mol. The Morgan fingerprint density at radius 1 is 0.696 bits per heavy atom. The van der Waals surface area contributed by atoms with Gasteiger partial charge in [-0.15, -0.1) is 0 Å². The monoisotopic (exact) mass is 428 g/mol. The lowest BCUT2D eigenvalue weighted by atomic mass is 9.83. The molecule has 4 aromatic carbocycles. The lowest BCUT2D eigenvalue weighted by molar-refractivity contribution is 0.591. The van der Waals surface area contributed by atoms with E-state index >= 15 is 0 Å². The number of hydrogen-bond donors (Lipinski definition) is 0. The quantitative estimate of drug-likeness (QED) is 0.251. The van der Waals surface area contributed by atoms with Gasteiger partial charge in [0.2, 0.25) is 0 Å². The van der Waals surface area contributed by atoms with Crippen LogP contribution in [0.2, 0.25) is 0 Å². The molecule has 4 rings (SSSR count). The van der Waals surface area contributed by atoms with Crippen LogP contribution >= 0.6 is 31.9 Å². The summed E-state index contributed by atoms with van der Waals surface area (Å²) in [5.41, 5.74) is 2.79. The highest BCUT2D eigenvalue weighted by Crippen LogP contribution is 2.43. The molecule has 0 amide bonds. The Bertz CT molecular complexity index is 1070. The zero-order valence-electron chi connectivity index (χ0n) is 13.7. The molecule has 0 saturated carbocycles. The van der Waals surface area contributed by atoms with Crippen molar-refractivity contribution in [2.75, 3.05) is 0 Å². The van der Waals surface area contributed by atoms with Gasteiger partial charge in [-0.25, -0.2) is 0 Å². The van der Waals surface area contributed by atoms with E-state index in [9.17, 15) is 0 Å². The van der Waals surface area contributed by atoms with Crippen molar-refractivity contribution in [2.24, 2.45) is 0 Å². The summed E-state index contributed by atoms with van der Waals surface area (Å²) in [4.78, 5) is 0. The van der Waals surface area contributed by atoms with Crippen LogP contribution in [0.25, 0.3) is 32.3 Å². The van der Waals surface area contributed by atoms with E-state index in [0.29, 0.717) is 0 Å². The highest BCUT2D eigenvalue weighted by atomic mass is 79.9. The maximum Gasteiger partial charge on any atom is 0.0260 e. The molecule has 0 aliphatic carbocycles. The maximum atomic E-state index is 3.81. The van der Waals surface area contributed by atoms with Gasteiger partial charge in [0.1, 0.15) is 0 Å². The molecule has 0 radical (unpaired) electrons. The molecule has 0 aromatic heterocycles. The molecule has 0 heterocycles. The summed E-state index contributed by atoms with van der Waals surface area (Å²) in [5, 5.41) is 7.94. The Morgan fingerprint density at radius 3 is 1.78 bits per heavy atom. The van der Waals surface area contributed by atoms with Crippen molar-refractivity contribution in [1.82, 2.24) is 0 Å².